The van der Waals surface area contributed by atoms with Crippen LogP contribution in [0.5, 0.6) is 0 Å². The topological polar surface area (TPSA) is 88.2 Å². The minimum absolute atomic E-state index is 0.0367. The average Bonchev–Trinajstić information content (AvgIpc) is 3.02. The van der Waals surface area contributed by atoms with Gasteiger partial charge in [-0.05, 0) is 18.2 Å². The Kier molecular flexibility index (Phi) is 7.12. The van der Waals surface area contributed by atoms with Gasteiger partial charge in [-0.1, -0.05) is 35.8 Å². The number of aromatic nitrogens is 1. The molecule has 1 amide bonds. The summed E-state index contributed by atoms with van der Waals surface area (Å²) in [7, 11) is -3.62. The molecule has 0 bridgehead atoms. The molecule has 2 N–H and O–H groups in total. The first-order chi connectivity index (χ1) is 11.8. The van der Waals surface area contributed by atoms with E-state index in [2.05, 4.69) is 44.8 Å². The zero-order chi connectivity index (χ0) is 18.4. The first-order valence-electron chi connectivity index (χ1n) is 7.74. The van der Waals surface area contributed by atoms with Crippen LogP contribution in [0.4, 0.5) is 0 Å². The monoisotopic (exact) mass is 445 g/mol. The Bertz CT molecular complexity index is 835. The van der Waals surface area contributed by atoms with Gasteiger partial charge < -0.3 is 5.32 Å². The van der Waals surface area contributed by atoms with E-state index in [0.717, 1.165) is 10.7 Å². The summed E-state index contributed by atoms with van der Waals surface area (Å²) in [5.41, 5.74) is 0.816. The molecule has 136 valence electrons. The average molecular weight is 446 g/mol. The summed E-state index contributed by atoms with van der Waals surface area (Å²) in [6.45, 7) is 4.52. The van der Waals surface area contributed by atoms with Crippen LogP contribution in [-0.4, -0.2) is 25.9 Å². The number of sulfonamides is 1. The molecule has 9 heteroatoms. The van der Waals surface area contributed by atoms with Crippen molar-refractivity contribution in [1.29, 1.82) is 0 Å². The highest BCUT2D eigenvalue weighted by Gasteiger charge is 2.14. The molecule has 0 aliphatic heterocycles. The van der Waals surface area contributed by atoms with Crippen LogP contribution in [0.15, 0.2) is 39.0 Å². The lowest BCUT2D eigenvalue weighted by Crippen LogP contribution is -2.30. The second kappa shape index (κ2) is 8.88. The van der Waals surface area contributed by atoms with E-state index in [4.69, 9.17) is 0 Å². The molecule has 0 unspecified atom stereocenters. The molecule has 25 heavy (non-hydrogen) atoms. The third kappa shape index (κ3) is 6.18. The quantitative estimate of drug-likeness (QED) is 0.653. The molecule has 6 nitrogen and oxygen atoms in total. The Labute approximate surface area is 160 Å². The maximum absolute atomic E-state index is 12.1. The van der Waals surface area contributed by atoms with Gasteiger partial charge >= 0.3 is 0 Å². The first kappa shape index (κ1) is 20.0. The molecule has 0 aliphatic carbocycles. The molecule has 1 heterocycles. The number of thiazole rings is 1. The van der Waals surface area contributed by atoms with Crippen LogP contribution in [0.1, 0.15) is 36.9 Å². The van der Waals surface area contributed by atoms with Crippen LogP contribution < -0.4 is 10.0 Å². The summed E-state index contributed by atoms with van der Waals surface area (Å²) in [5, 5.41) is 5.70. The zero-order valence-electron chi connectivity index (χ0n) is 14.0. The molecule has 1 aromatic carbocycles. The standard InChI is InChI=1S/C16H20BrN3O3S2/c1-11(2)16-20-13(10-24-16)9-18-15(21)6-7-19-25(22,23)14-5-3-4-12(17)8-14/h3-5,8,10-11,19H,6-7,9H2,1-2H3,(H,18,21). The molecular formula is C16H20BrN3O3S2. The Hall–Kier alpha value is -1.29. The van der Waals surface area contributed by atoms with Crippen molar-refractivity contribution in [1.82, 2.24) is 15.0 Å². The van der Waals surface area contributed by atoms with Crippen LogP contribution in [0.3, 0.4) is 0 Å². The normalized spacial score (nSPS) is 11.7. The van der Waals surface area contributed by atoms with Crippen LogP contribution in [0, 0.1) is 0 Å². The summed E-state index contributed by atoms with van der Waals surface area (Å²) in [4.78, 5) is 16.5. The predicted octanol–water partition coefficient (Wildman–Crippen LogP) is 3.01. The second-order valence-electron chi connectivity index (χ2n) is 5.71. The second-order valence-corrected chi connectivity index (χ2v) is 9.29. The minimum atomic E-state index is -3.62. The highest BCUT2D eigenvalue weighted by Crippen LogP contribution is 2.19. The lowest BCUT2D eigenvalue weighted by atomic mass is 10.2. The van der Waals surface area contributed by atoms with E-state index in [1.807, 2.05) is 5.38 Å². The van der Waals surface area contributed by atoms with E-state index in [1.54, 1.807) is 23.5 Å². The van der Waals surface area contributed by atoms with E-state index in [9.17, 15) is 13.2 Å². The molecule has 0 aliphatic rings. The summed E-state index contributed by atoms with van der Waals surface area (Å²) in [6.07, 6.45) is 0.0639. The van der Waals surface area contributed by atoms with Crippen molar-refractivity contribution in [2.75, 3.05) is 6.54 Å². The van der Waals surface area contributed by atoms with E-state index in [-0.39, 0.29) is 23.8 Å². The summed E-state index contributed by atoms with van der Waals surface area (Å²) >= 11 is 4.81. The Balaban J connectivity index is 1.78. The maximum atomic E-state index is 12.1. The molecule has 0 fully saturated rings. The number of benzene rings is 1. The fraction of sp³-hybridized carbons (Fsp3) is 0.375. The molecule has 0 saturated heterocycles. The number of halogens is 1. The van der Waals surface area contributed by atoms with Gasteiger partial charge in [0.2, 0.25) is 15.9 Å². The number of amides is 1. The van der Waals surface area contributed by atoms with Crippen molar-refractivity contribution in [2.45, 2.75) is 37.6 Å². The van der Waals surface area contributed by atoms with Gasteiger partial charge in [-0.2, -0.15) is 0 Å². The third-order valence-electron chi connectivity index (χ3n) is 3.28. The number of nitrogens with zero attached hydrogens (tertiary/aromatic N) is 1. The van der Waals surface area contributed by atoms with Crippen LogP contribution in [-0.2, 0) is 21.4 Å². The fourth-order valence-electron chi connectivity index (χ4n) is 1.96. The molecule has 0 spiro atoms. The Morgan fingerprint density at radius 3 is 2.76 bits per heavy atom. The van der Waals surface area contributed by atoms with Gasteiger partial charge in [0.25, 0.3) is 0 Å². The highest BCUT2D eigenvalue weighted by atomic mass is 79.9. The van der Waals surface area contributed by atoms with E-state index in [0.29, 0.717) is 16.9 Å². The van der Waals surface area contributed by atoms with Crippen molar-refractivity contribution in [2.24, 2.45) is 0 Å². The number of carbonyl (C=O) groups excluding carboxylic acids is 1. The van der Waals surface area contributed by atoms with Crippen LogP contribution >= 0.6 is 27.3 Å². The van der Waals surface area contributed by atoms with Crippen molar-refractivity contribution < 1.29 is 13.2 Å². The van der Waals surface area contributed by atoms with Gasteiger partial charge in [-0.3, -0.25) is 4.79 Å². The molecule has 2 aromatic rings. The summed E-state index contributed by atoms with van der Waals surface area (Å²) in [5.74, 6) is 0.137. The van der Waals surface area contributed by atoms with Gasteiger partial charge in [0.05, 0.1) is 22.1 Å². The van der Waals surface area contributed by atoms with E-state index >= 15 is 0 Å². The number of hydrogen-bond acceptors (Lipinski definition) is 5. The number of carbonyl (C=O) groups is 1. The van der Waals surface area contributed by atoms with Gasteiger partial charge in [0, 0.05) is 28.7 Å². The number of hydrogen-bond donors (Lipinski definition) is 2. The van der Waals surface area contributed by atoms with Crippen molar-refractivity contribution in [3.05, 3.63) is 44.8 Å². The van der Waals surface area contributed by atoms with Crippen molar-refractivity contribution >= 4 is 43.2 Å². The van der Waals surface area contributed by atoms with Gasteiger partial charge in [-0.25, -0.2) is 18.1 Å². The lowest BCUT2D eigenvalue weighted by Gasteiger charge is -2.07. The summed E-state index contributed by atoms with van der Waals surface area (Å²) in [6, 6.07) is 6.40. The van der Waals surface area contributed by atoms with Gasteiger partial charge in [0.1, 0.15) is 0 Å². The molecule has 1 aromatic heterocycles. The largest absolute Gasteiger partial charge is 0.350 e. The molecule has 0 atom stereocenters. The van der Waals surface area contributed by atoms with Crippen molar-refractivity contribution in [3.8, 4) is 0 Å². The Morgan fingerprint density at radius 2 is 2.12 bits per heavy atom. The molecule has 2 rings (SSSR count). The third-order valence-corrected chi connectivity index (χ3v) is 6.43. The SMILES string of the molecule is CC(C)c1nc(CNC(=O)CCNS(=O)(=O)c2cccc(Br)c2)cs1. The van der Waals surface area contributed by atoms with Crippen molar-refractivity contribution in [3.63, 3.8) is 0 Å². The molecular weight excluding hydrogens is 426 g/mol. The smallest absolute Gasteiger partial charge is 0.240 e. The lowest BCUT2D eigenvalue weighted by molar-refractivity contribution is -0.121. The Morgan fingerprint density at radius 1 is 1.36 bits per heavy atom. The van der Waals surface area contributed by atoms with E-state index < -0.39 is 10.0 Å². The first-order valence-corrected chi connectivity index (χ1v) is 10.9. The predicted molar refractivity (Wildman–Crippen MR) is 102 cm³/mol. The number of nitrogens with one attached hydrogen (secondary N) is 2. The van der Waals surface area contributed by atoms with Gasteiger partial charge in [-0.15, -0.1) is 11.3 Å². The highest BCUT2D eigenvalue weighted by molar-refractivity contribution is 9.10. The zero-order valence-corrected chi connectivity index (χ0v) is 17.2. The van der Waals surface area contributed by atoms with E-state index in [1.165, 1.54) is 12.1 Å². The maximum Gasteiger partial charge on any atom is 0.240 e. The molecule has 0 radical (unpaired) electrons. The van der Waals surface area contributed by atoms with Crippen LogP contribution in [0.2, 0.25) is 0 Å². The number of rotatable bonds is 8. The summed E-state index contributed by atoms with van der Waals surface area (Å²) < 4.78 is 27.4. The van der Waals surface area contributed by atoms with Gasteiger partial charge in [0.15, 0.2) is 0 Å². The minimum Gasteiger partial charge on any atom is -0.350 e. The fourth-order valence-corrected chi connectivity index (χ4v) is 4.43. The van der Waals surface area contributed by atoms with Crippen LogP contribution in [0.25, 0.3) is 0 Å². The molecule has 0 saturated carbocycles.